The van der Waals surface area contributed by atoms with Gasteiger partial charge in [-0.05, 0) is 72.9 Å². The van der Waals surface area contributed by atoms with E-state index in [1.54, 1.807) is 0 Å². The van der Waals surface area contributed by atoms with Gasteiger partial charge >= 0.3 is 0 Å². The lowest BCUT2D eigenvalue weighted by Crippen LogP contribution is -3.12. The number of hydrogen-bond acceptors (Lipinski definition) is 4. The number of fused-ring (bicyclic) bond motifs is 1. The summed E-state index contributed by atoms with van der Waals surface area (Å²) in [7, 11) is 0. The summed E-state index contributed by atoms with van der Waals surface area (Å²) >= 11 is 0. The van der Waals surface area contributed by atoms with Crippen LogP contribution in [0.25, 0.3) is 10.9 Å². The van der Waals surface area contributed by atoms with Crippen LogP contribution in [0, 0.1) is 6.92 Å². The van der Waals surface area contributed by atoms with Crippen molar-refractivity contribution in [2.75, 3.05) is 13.1 Å². The van der Waals surface area contributed by atoms with Gasteiger partial charge in [0.05, 0.1) is 30.2 Å². The van der Waals surface area contributed by atoms with Crippen molar-refractivity contribution >= 4 is 10.9 Å². The third-order valence-corrected chi connectivity index (χ3v) is 7.28. The molecule has 1 aromatic carbocycles. The molecule has 0 unspecified atom stereocenters. The minimum absolute atomic E-state index is 0.0123. The Balaban J connectivity index is 1.64. The SMILES string of the molecule is Cc1cccc2cc([C@@H](c3nnnn3C3CCCCC3)[NH+]3CCCCCC3)c(=O)[nH]c12. The zero-order valence-electron chi connectivity index (χ0n) is 18.4. The van der Waals surface area contributed by atoms with Gasteiger partial charge in [-0.25, -0.2) is 4.68 Å². The molecule has 31 heavy (non-hydrogen) atoms. The molecule has 0 spiro atoms. The number of pyridine rings is 1. The molecule has 1 atom stereocenters. The van der Waals surface area contributed by atoms with Crippen molar-refractivity contribution in [3.8, 4) is 0 Å². The maximum absolute atomic E-state index is 13.4. The van der Waals surface area contributed by atoms with Crippen LogP contribution >= 0.6 is 0 Å². The number of quaternary nitrogens is 1. The number of tetrazole rings is 1. The standard InChI is InChI=1S/C24H32N6O/c1-17-10-9-11-18-16-20(24(31)25-21(17)18)22(29-14-7-2-3-8-15-29)23-26-27-28-30(23)19-12-5-4-6-13-19/h9-11,16,19,22H,2-8,12-15H2,1H3,(H,25,31)/p+1/t22-/m0/s1. The highest BCUT2D eigenvalue weighted by atomic mass is 16.1. The maximum Gasteiger partial charge on any atom is 0.258 e. The summed E-state index contributed by atoms with van der Waals surface area (Å²) in [6.07, 6.45) is 10.9. The molecular weight excluding hydrogens is 388 g/mol. The van der Waals surface area contributed by atoms with Crippen LogP contribution in [0.1, 0.15) is 86.8 Å². The van der Waals surface area contributed by atoms with Gasteiger partial charge in [0, 0.05) is 0 Å². The minimum atomic E-state index is -0.135. The number of aryl methyl sites for hydroxylation is 1. The molecule has 1 aliphatic carbocycles. The van der Waals surface area contributed by atoms with Crippen molar-refractivity contribution < 1.29 is 4.90 Å². The Labute approximate surface area is 182 Å². The highest BCUT2D eigenvalue weighted by Crippen LogP contribution is 2.30. The Morgan fingerprint density at radius 3 is 2.58 bits per heavy atom. The number of nitrogens with zero attached hydrogens (tertiary/aromatic N) is 4. The summed E-state index contributed by atoms with van der Waals surface area (Å²) in [5, 5.41) is 14.2. The summed E-state index contributed by atoms with van der Waals surface area (Å²) in [6.45, 7) is 4.14. The van der Waals surface area contributed by atoms with E-state index in [1.807, 2.05) is 13.0 Å². The highest BCUT2D eigenvalue weighted by Gasteiger charge is 2.36. The molecule has 0 amide bonds. The van der Waals surface area contributed by atoms with Gasteiger partial charge in [0.25, 0.3) is 5.56 Å². The van der Waals surface area contributed by atoms with E-state index in [0.717, 1.165) is 53.8 Å². The largest absolute Gasteiger partial charge is 0.322 e. The number of rotatable bonds is 4. The normalized spacial score (nSPS) is 20.0. The molecule has 164 valence electrons. The molecule has 3 aromatic rings. The van der Waals surface area contributed by atoms with Gasteiger partial charge < -0.3 is 9.88 Å². The first-order chi connectivity index (χ1) is 15.2. The average molecular weight is 422 g/mol. The van der Waals surface area contributed by atoms with Crippen molar-refractivity contribution in [2.45, 2.75) is 76.8 Å². The minimum Gasteiger partial charge on any atom is -0.322 e. The van der Waals surface area contributed by atoms with Crippen LogP contribution in [0.3, 0.4) is 0 Å². The van der Waals surface area contributed by atoms with Crippen molar-refractivity contribution in [3.63, 3.8) is 0 Å². The number of aromatic amines is 1. The number of aromatic nitrogens is 5. The second-order valence-electron chi connectivity index (χ2n) is 9.37. The van der Waals surface area contributed by atoms with Crippen molar-refractivity contribution in [2.24, 2.45) is 0 Å². The molecule has 3 heterocycles. The molecule has 7 heteroatoms. The summed E-state index contributed by atoms with van der Waals surface area (Å²) in [5.74, 6) is 0.862. The van der Waals surface area contributed by atoms with E-state index in [1.165, 1.54) is 49.8 Å². The van der Waals surface area contributed by atoms with E-state index in [9.17, 15) is 4.79 Å². The Morgan fingerprint density at radius 2 is 1.81 bits per heavy atom. The average Bonchev–Trinajstić information content (AvgIpc) is 3.11. The first kappa shape index (κ1) is 20.4. The lowest BCUT2D eigenvalue weighted by atomic mass is 9.95. The van der Waals surface area contributed by atoms with Gasteiger partial charge in [0.15, 0.2) is 6.04 Å². The topological polar surface area (TPSA) is 80.9 Å². The Hall–Kier alpha value is -2.54. The molecule has 1 aliphatic heterocycles. The fraction of sp³-hybridized carbons (Fsp3) is 0.583. The van der Waals surface area contributed by atoms with Gasteiger partial charge in [0.1, 0.15) is 0 Å². The molecule has 7 nitrogen and oxygen atoms in total. The lowest BCUT2D eigenvalue weighted by molar-refractivity contribution is -0.925. The van der Waals surface area contributed by atoms with Crippen molar-refractivity contribution in [1.82, 2.24) is 25.2 Å². The molecule has 1 saturated heterocycles. The van der Waals surface area contributed by atoms with E-state index in [-0.39, 0.29) is 11.6 Å². The molecule has 5 rings (SSSR count). The van der Waals surface area contributed by atoms with Gasteiger partial charge in [-0.15, -0.1) is 5.10 Å². The third-order valence-electron chi connectivity index (χ3n) is 7.28. The monoisotopic (exact) mass is 421 g/mol. The number of benzene rings is 1. The number of likely N-dealkylation sites (tertiary alicyclic amines) is 1. The van der Waals surface area contributed by atoms with E-state index in [2.05, 4.69) is 43.4 Å². The Kier molecular flexibility index (Phi) is 5.85. The molecule has 2 fully saturated rings. The first-order valence-corrected chi connectivity index (χ1v) is 12.0. The molecule has 2 aliphatic rings. The molecule has 0 radical (unpaired) electrons. The number of H-pyrrole nitrogens is 1. The predicted molar refractivity (Wildman–Crippen MR) is 120 cm³/mol. The second-order valence-corrected chi connectivity index (χ2v) is 9.37. The number of nitrogens with one attached hydrogen (secondary N) is 2. The fourth-order valence-electron chi connectivity index (χ4n) is 5.60. The Bertz CT molecular complexity index is 1090. The molecule has 1 saturated carbocycles. The summed E-state index contributed by atoms with van der Waals surface area (Å²) < 4.78 is 2.06. The maximum atomic E-state index is 13.4. The third kappa shape index (κ3) is 4.03. The van der Waals surface area contributed by atoms with E-state index < -0.39 is 0 Å². The first-order valence-electron chi connectivity index (χ1n) is 12.0. The molecular formula is C24H33N6O+. The van der Waals surface area contributed by atoms with Crippen LogP contribution in [-0.2, 0) is 0 Å². The van der Waals surface area contributed by atoms with Crippen LogP contribution in [-0.4, -0.2) is 38.3 Å². The summed E-state index contributed by atoms with van der Waals surface area (Å²) in [4.78, 5) is 18.0. The molecule has 2 N–H and O–H groups in total. The predicted octanol–water partition coefficient (Wildman–Crippen LogP) is 2.88. The van der Waals surface area contributed by atoms with E-state index in [4.69, 9.17) is 0 Å². The smallest absolute Gasteiger partial charge is 0.258 e. The number of para-hydroxylation sites is 1. The van der Waals surface area contributed by atoms with Gasteiger partial charge in [0.2, 0.25) is 5.82 Å². The van der Waals surface area contributed by atoms with Gasteiger partial charge in [-0.3, -0.25) is 4.79 Å². The van der Waals surface area contributed by atoms with Crippen LogP contribution in [0.2, 0.25) is 0 Å². The number of hydrogen-bond donors (Lipinski definition) is 2. The van der Waals surface area contributed by atoms with E-state index >= 15 is 0 Å². The zero-order chi connectivity index (χ0) is 21.2. The van der Waals surface area contributed by atoms with Crippen LogP contribution < -0.4 is 10.5 Å². The Morgan fingerprint density at radius 1 is 1.06 bits per heavy atom. The van der Waals surface area contributed by atoms with Crippen LogP contribution in [0.5, 0.6) is 0 Å². The van der Waals surface area contributed by atoms with E-state index in [0.29, 0.717) is 6.04 Å². The van der Waals surface area contributed by atoms with Crippen LogP contribution in [0.15, 0.2) is 29.1 Å². The quantitative estimate of drug-likeness (QED) is 0.679. The highest BCUT2D eigenvalue weighted by molar-refractivity contribution is 5.82. The zero-order valence-corrected chi connectivity index (χ0v) is 18.4. The van der Waals surface area contributed by atoms with Crippen molar-refractivity contribution in [1.29, 1.82) is 0 Å². The van der Waals surface area contributed by atoms with Gasteiger partial charge in [-0.1, -0.05) is 37.5 Å². The van der Waals surface area contributed by atoms with Crippen LogP contribution in [0.4, 0.5) is 0 Å². The molecule has 2 aromatic heterocycles. The lowest BCUT2D eigenvalue weighted by Gasteiger charge is -2.29. The fourth-order valence-corrected chi connectivity index (χ4v) is 5.60. The molecule has 0 bridgehead atoms. The summed E-state index contributed by atoms with van der Waals surface area (Å²) in [5.41, 5.74) is 2.79. The van der Waals surface area contributed by atoms with Gasteiger partial charge in [-0.2, -0.15) is 0 Å². The second kappa shape index (κ2) is 8.91. The van der Waals surface area contributed by atoms with Crippen molar-refractivity contribution in [3.05, 3.63) is 51.6 Å². The summed E-state index contributed by atoms with van der Waals surface area (Å²) in [6, 6.07) is 8.47.